The zero-order chi connectivity index (χ0) is 17.1. The lowest BCUT2D eigenvalue weighted by atomic mass is 10.0. The molecule has 0 aliphatic carbocycles. The summed E-state index contributed by atoms with van der Waals surface area (Å²) in [6, 6.07) is 5.51. The first-order chi connectivity index (χ1) is 10.8. The minimum Gasteiger partial charge on any atom is -0.469 e. The molecular weight excluding hydrogens is 294 g/mol. The van der Waals surface area contributed by atoms with Crippen molar-refractivity contribution in [3.8, 4) is 0 Å². The van der Waals surface area contributed by atoms with Gasteiger partial charge in [0.2, 0.25) is 0 Å². The lowest BCUT2D eigenvalue weighted by molar-refractivity contribution is -0.123. The molecule has 23 heavy (non-hydrogen) atoms. The Balaban J connectivity index is 2.06. The van der Waals surface area contributed by atoms with Crippen molar-refractivity contribution in [3.05, 3.63) is 52.5 Å². The van der Waals surface area contributed by atoms with Crippen LogP contribution in [0.4, 0.5) is 5.69 Å². The summed E-state index contributed by atoms with van der Waals surface area (Å²) in [5.74, 6) is -0.473. The summed E-state index contributed by atoms with van der Waals surface area (Å²) in [5, 5.41) is 2.83. The maximum atomic E-state index is 12.3. The number of carbonyl (C=O) groups excluding carboxylic acids is 2. The predicted octanol–water partition coefficient (Wildman–Crippen LogP) is 3.70. The van der Waals surface area contributed by atoms with Crippen LogP contribution in [0.2, 0.25) is 0 Å². The first kappa shape index (κ1) is 16.8. The lowest BCUT2D eigenvalue weighted by Crippen LogP contribution is -2.30. The fourth-order valence-corrected chi connectivity index (χ4v) is 2.48. The third-order valence-corrected chi connectivity index (χ3v) is 3.66. The van der Waals surface area contributed by atoms with Gasteiger partial charge < -0.3 is 14.5 Å². The summed E-state index contributed by atoms with van der Waals surface area (Å²) in [5.41, 5.74) is 4.16. The van der Waals surface area contributed by atoms with Gasteiger partial charge in [0.05, 0.1) is 6.26 Å². The minimum absolute atomic E-state index is 0.326. The van der Waals surface area contributed by atoms with Crippen molar-refractivity contribution in [2.45, 2.75) is 40.7 Å². The Labute approximate surface area is 135 Å². The number of rotatable bonds is 4. The van der Waals surface area contributed by atoms with Crippen LogP contribution in [0.5, 0.6) is 0 Å². The number of ether oxygens (including phenoxy) is 1. The van der Waals surface area contributed by atoms with Gasteiger partial charge in [0, 0.05) is 5.69 Å². The van der Waals surface area contributed by atoms with E-state index in [1.165, 1.54) is 12.3 Å². The van der Waals surface area contributed by atoms with Gasteiger partial charge in [0.15, 0.2) is 6.10 Å². The van der Waals surface area contributed by atoms with Gasteiger partial charge in [-0.3, -0.25) is 4.79 Å². The van der Waals surface area contributed by atoms with Gasteiger partial charge in [-0.15, -0.1) is 0 Å². The molecule has 0 saturated carbocycles. The van der Waals surface area contributed by atoms with Crippen LogP contribution < -0.4 is 5.32 Å². The molecule has 1 atom stereocenters. The van der Waals surface area contributed by atoms with Gasteiger partial charge in [-0.2, -0.15) is 0 Å². The maximum absolute atomic E-state index is 12.3. The number of furan rings is 1. The number of nitrogens with one attached hydrogen (secondary N) is 1. The Morgan fingerprint density at radius 1 is 1.13 bits per heavy atom. The molecule has 0 unspecified atom stereocenters. The lowest BCUT2D eigenvalue weighted by Gasteiger charge is -2.16. The normalized spacial score (nSPS) is 11.9. The van der Waals surface area contributed by atoms with E-state index in [1.54, 1.807) is 13.8 Å². The van der Waals surface area contributed by atoms with E-state index < -0.39 is 12.1 Å². The van der Waals surface area contributed by atoms with Crippen LogP contribution in [-0.4, -0.2) is 18.0 Å². The van der Waals surface area contributed by atoms with Gasteiger partial charge in [-0.25, -0.2) is 4.79 Å². The minimum atomic E-state index is -0.906. The highest BCUT2D eigenvalue weighted by Crippen LogP contribution is 2.22. The van der Waals surface area contributed by atoms with E-state index in [2.05, 4.69) is 5.32 Å². The molecule has 0 spiro atoms. The summed E-state index contributed by atoms with van der Waals surface area (Å²) >= 11 is 0. The van der Waals surface area contributed by atoms with Gasteiger partial charge in [0.25, 0.3) is 5.91 Å². The van der Waals surface area contributed by atoms with Crippen LogP contribution in [0.25, 0.3) is 0 Å². The number of amides is 1. The van der Waals surface area contributed by atoms with Crippen molar-refractivity contribution in [2.24, 2.45) is 0 Å². The molecule has 1 amide bonds. The summed E-state index contributed by atoms with van der Waals surface area (Å²) in [6.07, 6.45) is 0.507. The van der Waals surface area contributed by atoms with Crippen LogP contribution in [0.1, 0.15) is 39.7 Å². The molecule has 0 bridgehead atoms. The Bertz CT molecular complexity index is 722. The first-order valence-electron chi connectivity index (χ1n) is 7.43. The molecule has 1 aromatic heterocycles. The van der Waals surface area contributed by atoms with Crippen molar-refractivity contribution in [2.75, 3.05) is 5.32 Å². The van der Waals surface area contributed by atoms with Crippen LogP contribution in [0.15, 0.2) is 28.9 Å². The molecule has 5 nitrogen and oxygen atoms in total. The number of benzene rings is 1. The highest BCUT2D eigenvalue weighted by atomic mass is 16.5. The number of hydrogen-bond donors (Lipinski definition) is 1. The molecular formula is C18H21NO4. The van der Waals surface area contributed by atoms with E-state index in [0.717, 1.165) is 22.4 Å². The topological polar surface area (TPSA) is 68.5 Å². The fourth-order valence-electron chi connectivity index (χ4n) is 2.48. The summed E-state index contributed by atoms with van der Waals surface area (Å²) in [6.45, 7) is 9.08. The van der Waals surface area contributed by atoms with Gasteiger partial charge in [-0.1, -0.05) is 17.7 Å². The Hall–Kier alpha value is -2.56. The molecule has 1 aromatic carbocycles. The third kappa shape index (κ3) is 3.80. The van der Waals surface area contributed by atoms with Crippen LogP contribution >= 0.6 is 0 Å². The Morgan fingerprint density at radius 2 is 1.74 bits per heavy atom. The molecule has 5 heteroatoms. The largest absolute Gasteiger partial charge is 0.469 e. The van der Waals surface area contributed by atoms with E-state index in [1.807, 2.05) is 32.9 Å². The van der Waals surface area contributed by atoms with Crippen molar-refractivity contribution < 1.29 is 18.7 Å². The Morgan fingerprint density at radius 3 is 2.26 bits per heavy atom. The molecule has 122 valence electrons. The van der Waals surface area contributed by atoms with Gasteiger partial charge in [0.1, 0.15) is 11.3 Å². The third-order valence-electron chi connectivity index (χ3n) is 3.66. The quantitative estimate of drug-likeness (QED) is 0.874. The van der Waals surface area contributed by atoms with E-state index in [4.69, 9.17) is 9.15 Å². The van der Waals surface area contributed by atoms with Gasteiger partial charge in [-0.05, 0) is 51.8 Å². The van der Waals surface area contributed by atoms with Crippen LogP contribution in [0, 0.1) is 27.7 Å². The van der Waals surface area contributed by atoms with E-state index in [9.17, 15) is 9.59 Å². The second kappa shape index (κ2) is 6.69. The second-order valence-corrected chi connectivity index (χ2v) is 5.70. The van der Waals surface area contributed by atoms with Gasteiger partial charge >= 0.3 is 5.97 Å². The smallest absolute Gasteiger partial charge is 0.342 e. The van der Waals surface area contributed by atoms with Crippen molar-refractivity contribution in [3.63, 3.8) is 0 Å². The molecule has 0 aliphatic heterocycles. The monoisotopic (exact) mass is 315 g/mol. The average molecular weight is 315 g/mol. The second-order valence-electron chi connectivity index (χ2n) is 5.70. The van der Waals surface area contributed by atoms with E-state index in [-0.39, 0.29) is 5.91 Å². The van der Waals surface area contributed by atoms with Crippen molar-refractivity contribution in [1.82, 2.24) is 0 Å². The number of carbonyl (C=O) groups is 2. The molecule has 1 heterocycles. The van der Waals surface area contributed by atoms with E-state index in [0.29, 0.717) is 11.3 Å². The molecule has 0 saturated heterocycles. The fraction of sp³-hybridized carbons (Fsp3) is 0.333. The molecule has 2 rings (SSSR count). The zero-order valence-electron chi connectivity index (χ0n) is 14.0. The highest BCUT2D eigenvalue weighted by molar-refractivity contribution is 5.98. The standard InChI is InChI=1S/C18H21NO4/c1-10-8-11(2)16(12(3)9-10)19-17(20)14(5)23-18(21)15-6-7-22-13(15)4/h6-9,14H,1-5H3,(H,19,20)/t14-/m1/s1. The first-order valence-corrected chi connectivity index (χ1v) is 7.43. The summed E-state index contributed by atoms with van der Waals surface area (Å²) in [7, 11) is 0. The average Bonchev–Trinajstić information content (AvgIpc) is 2.88. The molecule has 0 radical (unpaired) electrons. The zero-order valence-corrected chi connectivity index (χ0v) is 14.0. The number of hydrogen-bond acceptors (Lipinski definition) is 4. The Kier molecular flexibility index (Phi) is 4.89. The van der Waals surface area contributed by atoms with E-state index >= 15 is 0 Å². The predicted molar refractivity (Wildman–Crippen MR) is 87.6 cm³/mol. The molecule has 0 fully saturated rings. The van der Waals surface area contributed by atoms with Crippen LogP contribution in [-0.2, 0) is 9.53 Å². The number of anilines is 1. The maximum Gasteiger partial charge on any atom is 0.342 e. The van der Waals surface area contributed by atoms with Crippen LogP contribution in [0.3, 0.4) is 0 Å². The summed E-state index contributed by atoms with van der Waals surface area (Å²) in [4.78, 5) is 24.3. The molecule has 0 aliphatic rings. The molecule has 1 N–H and O–H groups in total. The summed E-state index contributed by atoms with van der Waals surface area (Å²) < 4.78 is 10.3. The van der Waals surface area contributed by atoms with Crippen molar-refractivity contribution in [1.29, 1.82) is 0 Å². The number of aryl methyl sites for hydroxylation is 4. The SMILES string of the molecule is Cc1cc(C)c(NC(=O)[C@@H](C)OC(=O)c2ccoc2C)c(C)c1. The van der Waals surface area contributed by atoms with Crippen molar-refractivity contribution >= 4 is 17.6 Å². The molecule has 2 aromatic rings. The highest BCUT2D eigenvalue weighted by Gasteiger charge is 2.22. The number of esters is 1.